The highest BCUT2D eigenvalue weighted by atomic mass is 32.1. The van der Waals surface area contributed by atoms with Gasteiger partial charge in [-0.2, -0.15) is 0 Å². The van der Waals surface area contributed by atoms with Crippen LogP contribution in [0.4, 0.5) is 5.69 Å². The molecule has 3 aromatic rings. The molecule has 24 heavy (non-hydrogen) atoms. The van der Waals surface area contributed by atoms with Gasteiger partial charge in [-0.25, -0.2) is 9.97 Å². The number of hydrogen-bond donors (Lipinski definition) is 1. The summed E-state index contributed by atoms with van der Waals surface area (Å²) in [7, 11) is 0. The minimum absolute atomic E-state index is 0.0215. The third-order valence-electron chi connectivity index (χ3n) is 4.06. The Balaban J connectivity index is 1.80. The molecule has 0 radical (unpaired) electrons. The highest BCUT2D eigenvalue weighted by Crippen LogP contribution is 2.22. The largest absolute Gasteiger partial charge is 0.328 e. The van der Waals surface area contributed by atoms with Gasteiger partial charge >= 0.3 is 0 Å². The minimum Gasteiger partial charge on any atom is -0.328 e. The van der Waals surface area contributed by atoms with Crippen LogP contribution in [0.15, 0.2) is 18.2 Å². The number of amides is 1. The van der Waals surface area contributed by atoms with Crippen LogP contribution in [-0.2, 0) is 24.2 Å². The number of aromatic nitrogens is 3. The zero-order chi connectivity index (χ0) is 17.3. The molecule has 0 fully saturated rings. The molecule has 6 heteroatoms. The fraction of sp³-hybridized carbons (Fsp3) is 0.389. The summed E-state index contributed by atoms with van der Waals surface area (Å²) in [5, 5.41) is 3.97. The summed E-state index contributed by atoms with van der Waals surface area (Å²) in [6, 6.07) is 5.92. The highest BCUT2D eigenvalue weighted by molar-refractivity contribution is 7.11. The summed E-state index contributed by atoms with van der Waals surface area (Å²) in [6.45, 7) is 9.03. The molecule has 126 valence electrons. The smallest absolute Gasteiger partial charge is 0.229 e. The number of carbonyl (C=O) groups is 1. The van der Waals surface area contributed by atoms with E-state index in [0.29, 0.717) is 6.42 Å². The predicted molar refractivity (Wildman–Crippen MR) is 98.7 cm³/mol. The first-order chi connectivity index (χ1) is 11.5. The van der Waals surface area contributed by atoms with Gasteiger partial charge in [0, 0.05) is 23.5 Å². The first-order valence-corrected chi connectivity index (χ1v) is 9.05. The lowest BCUT2D eigenvalue weighted by Crippen LogP contribution is -2.14. The van der Waals surface area contributed by atoms with Crippen molar-refractivity contribution in [3.63, 3.8) is 0 Å². The number of aryl methyl sites for hydroxylation is 4. The quantitative estimate of drug-likeness (QED) is 0.765. The molecule has 0 bridgehead atoms. The molecule has 0 aliphatic rings. The van der Waals surface area contributed by atoms with Gasteiger partial charge in [-0.1, -0.05) is 6.92 Å². The summed E-state index contributed by atoms with van der Waals surface area (Å²) >= 11 is 1.58. The van der Waals surface area contributed by atoms with Crippen LogP contribution in [0.2, 0.25) is 0 Å². The average Bonchev–Trinajstić information content (AvgIpc) is 3.05. The summed E-state index contributed by atoms with van der Waals surface area (Å²) in [4.78, 5) is 22.4. The highest BCUT2D eigenvalue weighted by Gasteiger charge is 2.12. The standard InChI is InChI=1S/C18H22N4OS/c1-5-17-21-14-9-13(7-8-15(14)22(17)6-2)20-18(23)10-16-11(3)19-12(4)24-16/h7-9H,5-6,10H2,1-4H3,(H,20,23). The van der Waals surface area contributed by atoms with Crippen LogP contribution >= 0.6 is 11.3 Å². The molecule has 1 aromatic carbocycles. The van der Waals surface area contributed by atoms with E-state index in [1.165, 1.54) is 0 Å². The number of nitrogens with zero attached hydrogens (tertiary/aromatic N) is 3. The van der Waals surface area contributed by atoms with Crippen molar-refractivity contribution >= 4 is 34.0 Å². The molecule has 0 aliphatic heterocycles. The zero-order valence-electron chi connectivity index (χ0n) is 14.5. The van der Waals surface area contributed by atoms with Crippen molar-refractivity contribution in [1.82, 2.24) is 14.5 Å². The van der Waals surface area contributed by atoms with Crippen molar-refractivity contribution in [3.05, 3.63) is 39.6 Å². The van der Waals surface area contributed by atoms with Crippen LogP contribution in [0, 0.1) is 13.8 Å². The summed E-state index contributed by atoms with van der Waals surface area (Å²) in [5.41, 5.74) is 3.77. The molecule has 0 aliphatic carbocycles. The summed E-state index contributed by atoms with van der Waals surface area (Å²) in [6.07, 6.45) is 1.26. The Hall–Kier alpha value is -2.21. The predicted octanol–water partition coefficient (Wildman–Crippen LogP) is 3.87. The van der Waals surface area contributed by atoms with Gasteiger partial charge in [0.05, 0.1) is 28.2 Å². The number of anilines is 1. The lowest BCUT2D eigenvalue weighted by molar-refractivity contribution is -0.115. The van der Waals surface area contributed by atoms with E-state index in [1.807, 2.05) is 32.0 Å². The number of thiazole rings is 1. The first kappa shape index (κ1) is 16.6. The van der Waals surface area contributed by atoms with Gasteiger partial charge < -0.3 is 9.88 Å². The van der Waals surface area contributed by atoms with E-state index < -0.39 is 0 Å². The molecule has 0 saturated carbocycles. The van der Waals surface area contributed by atoms with Crippen LogP contribution < -0.4 is 5.32 Å². The third-order valence-corrected chi connectivity index (χ3v) is 5.14. The molecule has 2 aromatic heterocycles. The van der Waals surface area contributed by atoms with Crippen molar-refractivity contribution in [2.45, 2.75) is 47.1 Å². The Morgan fingerprint density at radius 3 is 2.67 bits per heavy atom. The van der Waals surface area contributed by atoms with Crippen LogP contribution in [-0.4, -0.2) is 20.4 Å². The van der Waals surface area contributed by atoms with Gasteiger partial charge in [0.2, 0.25) is 5.91 Å². The van der Waals surface area contributed by atoms with Gasteiger partial charge in [-0.3, -0.25) is 4.79 Å². The second-order valence-electron chi connectivity index (χ2n) is 5.80. The normalized spacial score (nSPS) is 11.2. The van der Waals surface area contributed by atoms with Gasteiger partial charge in [0.1, 0.15) is 5.82 Å². The maximum atomic E-state index is 12.3. The summed E-state index contributed by atoms with van der Waals surface area (Å²) in [5.74, 6) is 1.05. The van der Waals surface area contributed by atoms with Crippen molar-refractivity contribution in [2.24, 2.45) is 0 Å². The molecule has 0 saturated heterocycles. The zero-order valence-corrected chi connectivity index (χ0v) is 15.3. The maximum absolute atomic E-state index is 12.3. The van der Waals surface area contributed by atoms with Gasteiger partial charge in [0.25, 0.3) is 0 Å². The topological polar surface area (TPSA) is 59.8 Å². The number of rotatable bonds is 5. The van der Waals surface area contributed by atoms with Crippen LogP contribution in [0.5, 0.6) is 0 Å². The molecule has 2 heterocycles. The lowest BCUT2D eigenvalue weighted by atomic mass is 10.2. The Kier molecular flexibility index (Phi) is 4.66. The third kappa shape index (κ3) is 3.19. The second kappa shape index (κ2) is 6.73. The fourth-order valence-electron chi connectivity index (χ4n) is 2.97. The molecule has 1 amide bonds. The van der Waals surface area contributed by atoms with E-state index in [9.17, 15) is 4.79 Å². The van der Waals surface area contributed by atoms with Gasteiger partial charge in [0.15, 0.2) is 0 Å². The van der Waals surface area contributed by atoms with E-state index in [2.05, 4.69) is 33.7 Å². The van der Waals surface area contributed by atoms with Crippen LogP contribution in [0.1, 0.15) is 35.3 Å². The molecular weight excluding hydrogens is 320 g/mol. The van der Waals surface area contributed by atoms with Crippen molar-refractivity contribution in [1.29, 1.82) is 0 Å². The summed E-state index contributed by atoms with van der Waals surface area (Å²) < 4.78 is 2.21. The van der Waals surface area contributed by atoms with E-state index >= 15 is 0 Å². The van der Waals surface area contributed by atoms with Crippen molar-refractivity contribution < 1.29 is 4.79 Å². The number of benzene rings is 1. The number of fused-ring (bicyclic) bond motifs is 1. The Morgan fingerprint density at radius 2 is 2.04 bits per heavy atom. The molecule has 5 nitrogen and oxygen atoms in total. The van der Waals surface area contributed by atoms with E-state index in [0.717, 1.165) is 51.1 Å². The molecule has 0 spiro atoms. The van der Waals surface area contributed by atoms with Crippen LogP contribution in [0.25, 0.3) is 11.0 Å². The first-order valence-electron chi connectivity index (χ1n) is 8.23. The molecule has 0 unspecified atom stereocenters. The van der Waals surface area contributed by atoms with Crippen molar-refractivity contribution in [2.75, 3.05) is 5.32 Å². The van der Waals surface area contributed by atoms with E-state index in [1.54, 1.807) is 11.3 Å². The number of nitrogens with one attached hydrogen (secondary N) is 1. The molecule has 1 N–H and O–H groups in total. The SMILES string of the molecule is CCc1nc2cc(NC(=O)Cc3sc(C)nc3C)ccc2n1CC. The Morgan fingerprint density at radius 1 is 1.25 bits per heavy atom. The lowest BCUT2D eigenvalue weighted by Gasteiger charge is -2.06. The van der Waals surface area contributed by atoms with E-state index in [-0.39, 0.29) is 5.91 Å². The maximum Gasteiger partial charge on any atom is 0.229 e. The van der Waals surface area contributed by atoms with Gasteiger partial charge in [-0.15, -0.1) is 11.3 Å². The molecule has 0 atom stereocenters. The number of imidazole rings is 1. The Labute approximate surface area is 145 Å². The fourth-order valence-corrected chi connectivity index (χ4v) is 3.90. The Bertz CT molecular complexity index is 894. The van der Waals surface area contributed by atoms with Gasteiger partial charge in [-0.05, 0) is 39.0 Å². The number of carbonyl (C=O) groups excluding carboxylic acids is 1. The minimum atomic E-state index is -0.0215. The molecular formula is C18H22N4OS. The molecule has 3 rings (SSSR count). The van der Waals surface area contributed by atoms with E-state index in [4.69, 9.17) is 0 Å². The average molecular weight is 342 g/mol. The monoisotopic (exact) mass is 342 g/mol. The van der Waals surface area contributed by atoms with Crippen molar-refractivity contribution in [3.8, 4) is 0 Å². The van der Waals surface area contributed by atoms with Crippen LogP contribution in [0.3, 0.4) is 0 Å². The number of hydrogen-bond acceptors (Lipinski definition) is 4. The second-order valence-corrected chi connectivity index (χ2v) is 7.08.